The van der Waals surface area contributed by atoms with Crippen LogP contribution < -0.4 is 0 Å². The van der Waals surface area contributed by atoms with Gasteiger partial charge in [-0.05, 0) is 30.5 Å². The Morgan fingerprint density at radius 2 is 1.79 bits per heavy atom. The maximum atomic E-state index is 12.5. The first-order chi connectivity index (χ1) is 9.26. The molecule has 0 aromatic heterocycles. The molecule has 1 aliphatic carbocycles. The summed E-state index contributed by atoms with van der Waals surface area (Å²) in [4.78, 5) is 14.3. The highest BCUT2D eigenvalue weighted by Crippen LogP contribution is 2.24. The van der Waals surface area contributed by atoms with Crippen molar-refractivity contribution >= 4 is 5.91 Å². The summed E-state index contributed by atoms with van der Waals surface area (Å²) in [5.41, 5.74) is 1.42. The summed E-state index contributed by atoms with van der Waals surface area (Å²) in [5, 5.41) is 18.2. The standard InChI is InChI=1S/C15H21NO3/c17-10-9-16(14-3-1-2-4-14)15(19)13-7-5-12(11-18)6-8-13/h5-8,14,17-18H,1-4,9-11H2. The topological polar surface area (TPSA) is 60.8 Å². The summed E-state index contributed by atoms with van der Waals surface area (Å²) in [6, 6.07) is 7.27. The average Bonchev–Trinajstić information content (AvgIpc) is 2.98. The number of aliphatic hydroxyl groups is 2. The number of nitrogens with zero attached hydrogens (tertiary/aromatic N) is 1. The van der Waals surface area contributed by atoms with Crippen LogP contribution in [0.5, 0.6) is 0 Å². The van der Waals surface area contributed by atoms with Crippen LogP contribution in [0.15, 0.2) is 24.3 Å². The minimum absolute atomic E-state index is 0.00301. The van der Waals surface area contributed by atoms with E-state index in [1.165, 1.54) is 0 Å². The quantitative estimate of drug-likeness (QED) is 0.847. The number of aliphatic hydroxyl groups excluding tert-OH is 2. The van der Waals surface area contributed by atoms with Gasteiger partial charge in [-0.1, -0.05) is 25.0 Å². The van der Waals surface area contributed by atoms with Gasteiger partial charge < -0.3 is 15.1 Å². The monoisotopic (exact) mass is 263 g/mol. The molecule has 0 saturated heterocycles. The van der Waals surface area contributed by atoms with Gasteiger partial charge in [0.2, 0.25) is 0 Å². The Kier molecular flexibility index (Phi) is 4.93. The predicted octanol–water partition coefficient (Wildman–Crippen LogP) is 1.56. The number of rotatable bonds is 5. The molecule has 0 aliphatic heterocycles. The van der Waals surface area contributed by atoms with E-state index in [4.69, 9.17) is 10.2 Å². The Morgan fingerprint density at radius 3 is 2.32 bits per heavy atom. The van der Waals surface area contributed by atoms with Gasteiger partial charge in [0.05, 0.1) is 13.2 Å². The first-order valence-corrected chi connectivity index (χ1v) is 6.88. The van der Waals surface area contributed by atoms with E-state index in [9.17, 15) is 4.79 Å². The van der Waals surface area contributed by atoms with Gasteiger partial charge in [-0.25, -0.2) is 0 Å². The minimum Gasteiger partial charge on any atom is -0.395 e. The van der Waals surface area contributed by atoms with Crippen LogP contribution in [-0.2, 0) is 6.61 Å². The number of carbonyl (C=O) groups is 1. The Labute approximate surface area is 113 Å². The Morgan fingerprint density at radius 1 is 1.16 bits per heavy atom. The first-order valence-electron chi connectivity index (χ1n) is 6.88. The molecule has 0 unspecified atom stereocenters. The van der Waals surface area contributed by atoms with Crippen molar-refractivity contribution < 1.29 is 15.0 Å². The van der Waals surface area contributed by atoms with Crippen molar-refractivity contribution in [2.45, 2.75) is 38.3 Å². The summed E-state index contributed by atoms with van der Waals surface area (Å²) in [5.74, 6) is -0.0227. The summed E-state index contributed by atoms with van der Waals surface area (Å²) >= 11 is 0. The van der Waals surface area contributed by atoms with Gasteiger partial charge in [-0.3, -0.25) is 4.79 Å². The lowest BCUT2D eigenvalue weighted by molar-refractivity contribution is 0.0638. The molecule has 4 nitrogen and oxygen atoms in total. The normalized spacial score (nSPS) is 15.7. The molecule has 0 atom stereocenters. The summed E-state index contributed by atoms with van der Waals surface area (Å²) in [6.07, 6.45) is 4.37. The zero-order valence-electron chi connectivity index (χ0n) is 11.1. The highest BCUT2D eigenvalue weighted by Gasteiger charge is 2.26. The molecule has 1 aromatic rings. The van der Waals surface area contributed by atoms with E-state index in [2.05, 4.69) is 0 Å². The van der Waals surface area contributed by atoms with Crippen LogP contribution in [-0.4, -0.2) is 40.2 Å². The summed E-state index contributed by atoms with van der Waals surface area (Å²) in [6.45, 7) is 0.375. The van der Waals surface area contributed by atoms with Crippen molar-refractivity contribution in [3.8, 4) is 0 Å². The molecular weight excluding hydrogens is 242 g/mol. The molecule has 0 radical (unpaired) electrons. The lowest BCUT2D eigenvalue weighted by atomic mass is 10.1. The molecule has 0 spiro atoms. The third-order valence-corrected chi connectivity index (χ3v) is 3.75. The van der Waals surface area contributed by atoms with Crippen LogP contribution in [0.25, 0.3) is 0 Å². The maximum Gasteiger partial charge on any atom is 0.254 e. The number of benzene rings is 1. The fraction of sp³-hybridized carbons (Fsp3) is 0.533. The van der Waals surface area contributed by atoms with Crippen LogP contribution >= 0.6 is 0 Å². The van der Waals surface area contributed by atoms with Gasteiger partial charge in [0.15, 0.2) is 0 Å². The number of hydrogen-bond acceptors (Lipinski definition) is 3. The number of carbonyl (C=O) groups excluding carboxylic acids is 1. The first kappa shape index (κ1) is 14.0. The highest BCUT2D eigenvalue weighted by atomic mass is 16.3. The third kappa shape index (κ3) is 3.33. The molecule has 19 heavy (non-hydrogen) atoms. The second-order valence-electron chi connectivity index (χ2n) is 5.02. The van der Waals surface area contributed by atoms with Crippen molar-refractivity contribution in [1.29, 1.82) is 0 Å². The molecule has 1 saturated carbocycles. The van der Waals surface area contributed by atoms with Crippen molar-refractivity contribution in [1.82, 2.24) is 4.90 Å². The van der Waals surface area contributed by atoms with E-state index in [0.717, 1.165) is 31.2 Å². The molecule has 4 heteroatoms. The van der Waals surface area contributed by atoms with E-state index in [-0.39, 0.29) is 25.2 Å². The highest BCUT2D eigenvalue weighted by molar-refractivity contribution is 5.94. The third-order valence-electron chi connectivity index (χ3n) is 3.75. The van der Waals surface area contributed by atoms with Gasteiger partial charge in [-0.15, -0.1) is 0 Å². The lowest BCUT2D eigenvalue weighted by Gasteiger charge is -2.28. The Balaban J connectivity index is 2.12. The molecule has 2 N–H and O–H groups in total. The van der Waals surface area contributed by atoms with Crippen molar-refractivity contribution in [3.05, 3.63) is 35.4 Å². The molecule has 104 valence electrons. The molecule has 0 bridgehead atoms. The van der Waals surface area contributed by atoms with Gasteiger partial charge in [0, 0.05) is 18.2 Å². The van der Waals surface area contributed by atoms with E-state index < -0.39 is 0 Å². The second kappa shape index (κ2) is 6.68. The smallest absolute Gasteiger partial charge is 0.254 e. The average molecular weight is 263 g/mol. The molecule has 1 fully saturated rings. The maximum absolute atomic E-state index is 12.5. The van der Waals surface area contributed by atoms with E-state index >= 15 is 0 Å². The summed E-state index contributed by atoms with van der Waals surface area (Å²) in [7, 11) is 0. The molecule has 0 heterocycles. The van der Waals surface area contributed by atoms with Crippen molar-refractivity contribution in [2.75, 3.05) is 13.2 Å². The zero-order valence-corrected chi connectivity index (χ0v) is 11.1. The molecule has 1 amide bonds. The molecule has 2 rings (SSSR count). The second-order valence-corrected chi connectivity index (χ2v) is 5.02. The van der Waals surface area contributed by atoms with Crippen LogP contribution in [0.3, 0.4) is 0 Å². The predicted molar refractivity (Wildman–Crippen MR) is 72.7 cm³/mol. The van der Waals surface area contributed by atoms with Crippen molar-refractivity contribution in [2.24, 2.45) is 0 Å². The largest absolute Gasteiger partial charge is 0.395 e. The lowest BCUT2D eigenvalue weighted by Crippen LogP contribution is -2.40. The molecule has 1 aliphatic rings. The Bertz CT molecular complexity index is 410. The fourth-order valence-corrected chi connectivity index (χ4v) is 2.69. The molecule has 1 aromatic carbocycles. The van der Waals surface area contributed by atoms with Gasteiger partial charge in [0.25, 0.3) is 5.91 Å². The van der Waals surface area contributed by atoms with Crippen LogP contribution in [0.2, 0.25) is 0 Å². The van der Waals surface area contributed by atoms with E-state index in [1.807, 2.05) is 0 Å². The van der Waals surface area contributed by atoms with Gasteiger partial charge in [-0.2, -0.15) is 0 Å². The summed E-state index contributed by atoms with van der Waals surface area (Å²) < 4.78 is 0. The SMILES string of the molecule is O=C(c1ccc(CO)cc1)N(CCO)C1CCCC1. The van der Waals surface area contributed by atoms with Gasteiger partial charge >= 0.3 is 0 Å². The number of hydrogen-bond donors (Lipinski definition) is 2. The fourth-order valence-electron chi connectivity index (χ4n) is 2.69. The van der Waals surface area contributed by atoms with Crippen LogP contribution in [0.4, 0.5) is 0 Å². The van der Waals surface area contributed by atoms with Crippen molar-refractivity contribution in [3.63, 3.8) is 0 Å². The van der Waals surface area contributed by atoms with Gasteiger partial charge in [0.1, 0.15) is 0 Å². The zero-order chi connectivity index (χ0) is 13.7. The van der Waals surface area contributed by atoms with Crippen LogP contribution in [0.1, 0.15) is 41.6 Å². The van der Waals surface area contributed by atoms with E-state index in [1.54, 1.807) is 29.2 Å². The number of amides is 1. The molecular formula is C15H21NO3. The van der Waals surface area contributed by atoms with Crippen LogP contribution in [0, 0.1) is 0 Å². The van der Waals surface area contributed by atoms with E-state index in [0.29, 0.717) is 12.1 Å². The minimum atomic E-state index is -0.0227. The Hall–Kier alpha value is -1.39.